The number of hydrogen-bond acceptors (Lipinski definition) is 13. The van der Waals surface area contributed by atoms with Crippen molar-refractivity contribution in [2.75, 3.05) is 19.6 Å². The van der Waals surface area contributed by atoms with Crippen molar-refractivity contribution in [2.45, 2.75) is 115 Å². The molecule has 6 atom stereocenters. The van der Waals surface area contributed by atoms with Crippen LogP contribution in [0, 0.1) is 24.7 Å². The molecular formula is C55H70BrN9O12S. The first kappa shape index (κ1) is 61.5. The van der Waals surface area contributed by atoms with E-state index < -0.39 is 100 Å². The zero-order valence-corrected chi connectivity index (χ0v) is 46.7. The first-order valence-corrected chi connectivity index (χ1v) is 27.8. The van der Waals surface area contributed by atoms with Gasteiger partial charge in [0.1, 0.15) is 36.5 Å². The molecule has 0 aromatic heterocycles. The summed E-state index contributed by atoms with van der Waals surface area (Å²) in [5.74, 6) is -8.98. The van der Waals surface area contributed by atoms with E-state index in [9.17, 15) is 33.9 Å². The van der Waals surface area contributed by atoms with Crippen LogP contribution in [0.3, 0.4) is 0 Å². The van der Waals surface area contributed by atoms with Gasteiger partial charge < -0.3 is 52.6 Å². The van der Waals surface area contributed by atoms with Gasteiger partial charge in [-0.2, -0.15) is 0 Å². The van der Waals surface area contributed by atoms with Crippen LogP contribution in [0.25, 0.3) is 0 Å². The molecular weight excluding hydrogens is 1090 g/mol. The summed E-state index contributed by atoms with van der Waals surface area (Å²) in [5, 5.41) is 18.8. The van der Waals surface area contributed by atoms with Gasteiger partial charge in [-0.05, 0) is 92.3 Å². The lowest BCUT2D eigenvalue weighted by Crippen LogP contribution is -2.63. The number of nitrogens with two attached hydrogens (primary N) is 3. The first-order valence-electron chi connectivity index (χ1n) is 25.6. The van der Waals surface area contributed by atoms with E-state index in [1.807, 2.05) is 19.9 Å². The van der Waals surface area contributed by atoms with E-state index in [0.29, 0.717) is 39.4 Å². The number of carbonyl (C=O) groups is 7. The quantitative estimate of drug-likeness (QED) is 0.0151. The number of aliphatic imine (C=N–C) groups is 1. The van der Waals surface area contributed by atoms with E-state index >= 15 is 13.2 Å². The molecule has 78 heavy (non-hydrogen) atoms. The summed E-state index contributed by atoms with van der Waals surface area (Å²) in [7, 11) is -4.99. The van der Waals surface area contributed by atoms with Gasteiger partial charge in [-0.25, -0.2) is 17.5 Å². The average molecular weight is 1160 g/mol. The van der Waals surface area contributed by atoms with E-state index in [1.54, 1.807) is 55.5 Å². The highest BCUT2D eigenvalue weighted by molar-refractivity contribution is 9.10. The van der Waals surface area contributed by atoms with Crippen LogP contribution < -0.4 is 37.9 Å². The lowest BCUT2D eigenvalue weighted by Gasteiger charge is -2.35. The highest BCUT2D eigenvalue weighted by atomic mass is 79.9. The van der Waals surface area contributed by atoms with Gasteiger partial charge >= 0.3 is 12.1 Å². The second-order valence-electron chi connectivity index (χ2n) is 19.8. The minimum absolute atomic E-state index is 0.0554. The molecule has 4 aromatic carbocycles. The molecule has 5 rings (SSSR count). The molecule has 4 aromatic rings. The Morgan fingerprint density at radius 3 is 2.09 bits per heavy atom. The number of ether oxygens (including phenoxy) is 2. The summed E-state index contributed by atoms with van der Waals surface area (Å²) in [6.07, 6.45) is -0.638. The van der Waals surface area contributed by atoms with Gasteiger partial charge in [-0.15, -0.1) is 0 Å². The normalized spacial score (nSPS) is 15.2. The Labute approximate surface area is 463 Å². The van der Waals surface area contributed by atoms with E-state index in [-0.39, 0.29) is 68.0 Å². The van der Waals surface area contributed by atoms with E-state index in [0.717, 1.165) is 4.47 Å². The van der Waals surface area contributed by atoms with Crippen molar-refractivity contribution in [3.05, 3.63) is 130 Å². The second-order valence-corrected chi connectivity index (χ2v) is 22.5. The maximum Gasteiger partial charge on any atom is 0.514 e. The van der Waals surface area contributed by atoms with Crippen LogP contribution >= 0.6 is 15.9 Å². The predicted octanol–water partition coefficient (Wildman–Crippen LogP) is 4.31. The van der Waals surface area contributed by atoms with Crippen molar-refractivity contribution in [1.29, 1.82) is 0 Å². The van der Waals surface area contributed by atoms with Crippen LogP contribution in [0.5, 0.6) is 5.75 Å². The lowest BCUT2D eigenvalue weighted by atomic mass is 9.90. The largest absolute Gasteiger partial charge is 0.514 e. The number of guanidine groups is 1. The fourth-order valence-electron chi connectivity index (χ4n) is 8.63. The Balaban J connectivity index is 1.52. The number of nitrogens with one attached hydrogen (secondary N) is 3. The van der Waals surface area contributed by atoms with Crippen LogP contribution in [0.15, 0.2) is 117 Å². The van der Waals surface area contributed by atoms with Crippen molar-refractivity contribution >= 4 is 73.6 Å². The average Bonchev–Trinajstić information content (AvgIpc) is 3.95. The van der Waals surface area contributed by atoms with Gasteiger partial charge in [0.2, 0.25) is 23.6 Å². The molecule has 0 radical (unpaired) electrons. The van der Waals surface area contributed by atoms with Crippen molar-refractivity contribution < 1.29 is 56.6 Å². The highest BCUT2D eigenvalue weighted by Gasteiger charge is 2.46. The minimum Gasteiger partial charge on any atom is -0.481 e. The number of halogens is 1. The summed E-state index contributed by atoms with van der Waals surface area (Å²) >= 11 is 3.41. The molecule has 0 aliphatic carbocycles. The maximum absolute atomic E-state index is 15.5. The monoisotopic (exact) mass is 1160 g/mol. The Bertz CT molecular complexity index is 2870. The number of nitrogens with zero attached hydrogens (tertiary/aromatic N) is 3. The molecule has 0 bridgehead atoms. The second kappa shape index (κ2) is 28.8. The van der Waals surface area contributed by atoms with Crippen LogP contribution in [0.2, 0.25) is 0 Å². The Kier molecular flexibility index (Phi) is 22.7. The summed E-state index contributed by atoms with van der Waals surface area (Å²) in [5.41, 5.74) is 19.3. The third kappa shape index (κ3) is 17.3. The molecule has 1 unspecified atom stereocenters. The number of likely N-dealkylation sites (tertiary alicyclic amines) is 1. The number of carboxylic acid groups (broad SMARTS) is 1. The molecule has 1 heterocycles. The fourth-order valence-corrected chi connectivity index (χ4v) is 10.6. The molecule has 1 aliphatic heterocycles. The van der Waals surface area contributed by atoms with Crippen molar-refractivity contribution in [3.63, 3.8) is 0 Å². The van der Waals surface area contributed by atoms with Gasteiger partial charge in [-0.3, -0.25) is 33.8 Å². The molecule has 0 saturated carbocycles. The van der Waals surface area contributed by atoms with Gasteiger partial charge in [0, 0.05) is 36.1 Å². The van der Waals surface area contributed by atoms with E-state index in [1.165, 1.54) is 67.3 Å². The Morgan fingerprint density at radius 2 is 1.47 bits per heavy atom. The first-order chi connectivity index (χ1) is 37.0. The summed E-state index contributed by atoms with van der Waals surface area (Å²) in [6.45, 7) is 8.75. The zero-order chi connectivity index (χ0) is 57.3. The van der Waals surface area contributed by atoms with Crippen molar-refractivity contribution in [1.82, 2.24) is 25.2 Å². The van der Waals surface area contributed by atoms with E-state index in [2.05, 4.69) is 36.9 Å². The minimum atomic E-state index is -4.99. The van der Waals surface area contributed by atoms with Crippen LogP contribution in [0.4, 0.5) is 4.79 Å². The molecule has 23 heteroatoms. The number of benzene rings is 4. The van der Waals surface area contributed by atoms with Gasteiger partial charge in [0.15, 0.2) is 5.96 Å². The summed E-state index contributed by atoms with van der Waals surface area (Å²) < 4.78 is 42.1. The zero-order valence-electron chi connectivity index (χ0n) is 44.3. The molecule has 21 nitrogen and oxygen atoms in total. The Hall–Kier alpha value is -7.37. The molecule has 1 fully saturated rings. The third-order valence-electron chi connectivity index (χ3n) is 12.9. The maximum atomic E-state index is 15.5. The standard InChI is InChI=1S/C55H70BrN9O12S/c1-33(2)31-61-48(66)45(30-37-21-23-39(24-22-37)77-55(73)76-32-38-15-9-10-16-42(38)56)65(78(74,75)40-25-19-35(5)20-26-40)52(70)46(34(3)4)62-50(68)47(41(53(71)72)29-36-13-7-6-8-14-36)63-49(67)44-18-12-28-64(44)51(69)43(57)17-11-27-60-54(58)59/h6-10,13-16,19-26,33-34,41,43-47H,11-12,17-18,27-32,57H2,1-5H3,(H,61,66)(H,62,68)(H,63,67)(H,71,72)(H4,58,59,60)/t41?,43-,44-,45-,46-,47-/m0/s1. The predicted molar refractivity (Wildman–Crippen MR) is 295 cm³/mol. The summed E-state index contributed by atoms with van der Waals surface area (Å²) in [4.78, 5) is 104. The Morgan fingerprint density at radius 1 is 0.833 bits per heavy atom. The number of aliphatic carboxylic acids is 1. The van der Waals surface area contributed by atoms with Gasteiger partial charge in [0.25, 0.3) is 15.9 Å². The number of aryl methyl sites for hydroxylation is 1. The number of amides is 5. The van der Waals surface area contributed by atoms with Gasteiger partial charge in [0.05, 0.1) is 16.9 Å². The molecule has 5 amide bonds. The number of rotatable bonds is 26. The van der Waals surface area contributed by atoms with Gasteiger partial charge in [-0.1, -0.05) is 122 Å². The molecule has 1 aliphatic rings. The smallest absolute Gasteiger partial charge is 0.481 e. The number of sulfonamides is 1. The number of carboxylic acids is 1. The topological polar surface area (TPSA) is 325 Å². The highest BCUT2D eigenvalue weighted by Crippen LogP contribution is 2.27. The molecule has 1 saturated heterocycles. The lowest BCUT2D eigenvalue weighted by molar-refractivity contribution is -0.148. The van der Waals surface area contributed by atoms with Crippen molar-refractivity contribution in [3.8, 4) is 5.75 Å². The van der Waals surface area contributed by atoms with E-state index in [4.69, 9.17) is 26.7 Å². The van der Waals surface area contributed by atoms with Crippen molar-refractivity contribution in [2.24, 2.45) is 39.9 Å². The van der Waals surface area contributed by atoms with Crippen LogP contribution in [-0.4, -0.2) is 120 Å². The number of hydrogen-bond donors (Lipinski definition) is 7. The third-order valence-corrected chi connectivity index (χ3v) is 15.5. The molecule has 10 N–H and O–H groups in total. The SMILES string of the molecule is Cc1ccc(S(=O)(=O)N(C(=O)[C@@H](NC(=O)[C@@H](NC(=O)[C@@H]2CCCN2C(=O)[C@@H](N)CCCN=C(N)N)C(Cc2ccccc2)C(=O)O)C(C)C)[C@@H](Cc2ccc(OC(=O)OCc3ccccc3Br)cc2)C(=O)NCC(C)C)cc1. The fraction of sp³-hybridized carbons (Fsp3) is 0.418. The summed E-state index contributed by atoms with van der Waals surface area (Å²) in [6, 6.07) is 19.1. The van der Waals surface area contributed by atoms with Crippen LogP contribution in [-0.2, 0) is 63.0 Å². The molecule has 0 spiro atoms. The number of carbonyl (C=O) groups excluding carboxylic acids is 6. The molecule has 420 valence electrons. The van der Waals surface area contributed by atoms with Crippen LogP contribution in [0.1, 0.15) is 75.6 Å².